The Balaban J connectivity index is 0.00000192. The summed E-state index contributed by atoms with van der Waals surface area (Å²) in [5, 5.41) is 15.6. The molecule has 9 heteroatoms. The van der Waals surface area contributed by atoms with Gasteiger partial charge in [-0.25, -0.2) is 4.68 Å². The van der Waals surface area contributed by atoms with E-state index in [0.717, 1.165) is 41.9 Å². The van der Waals surface area contributed by atoms with Gasteiger partial charge in [-0.05, 0) is 41.1 Å². The predicted molar refractivity (Wildman–Crippen MR) is 90.5 cm³/mol. The highest BCUT2D eigenvalue weighted by molar-refractivity contribution is 7.99. The first-order valence-electron chi connectivity index (χ1n) is 7.27. The number of aromatic nitrogens is 4. The maximum Gasteiger partial charge on any atom is 0.209 e. The van der Waals surface area contributed by atoms with Crippen LogP contribution in [0.15, 0.2) is 23.4 Å². The van der Waals surface area contributed by atoms with E-state index in [4.69, 9.17) is 9.47 Å². The number of hydrogen-bond donors (Lipinski definition) is 1. The minimum Gasteiger partial charge on any atom is -0.486 e. The van der Waals surface area contributed by atoms with Crippen LogP contribution in [0.2, 0.25) is 0 Å². The second-order valence-electron chi connectivity index (χ2n) is 4.94. The summed E-state index contributed by atoms with van der Waals surface area (Å²) in [6, 6.07) is 6.09. The fourth-order valence-electron chi connectivity index (χ4n) is 2.13. The van der Waals surface area contributed by atoms with E-state index in [1.807, 2.05) is 19.2 Å². The smallest absolute Gasteiger partial charge is 0.209 e. The summed E-state index contributed by atoms with van der Waals surface area (Å²) in [7, 11) is 1.85. The van der Waals surface area contributed by atoms with Crippen molar-refractivity contribution in [3.05, 3.63) is 23.8 Å². The second-order valence-corrected chi connectivity index (χ2v) is 6.00. The van der Waals surface area contributed by atoms with Gasteiger partial charge in [-0.3, -0.25) is 0 Å². The molecule has 2 heterocycles. The first kappa shape index (κ1) is 17.8. The molecule has 0 radical (unpaired) electrons. The maximum absolute atomic E-state index is 5.58. The number of fused-ring (bicyclic) bond motifs is 1. The monoisotopic (exact) mass is 357 g/mol. The maximum atomic E-state index is 5.58. The van der Waals surface area contributed by atoms with Crippen LogP contribution in [-0.2, 0) is 13.6 Å². The molecule has 126 valence electrons. The van der Waals surface area contributed by atoms with E-state index in [-0.39, 0.29) is 12.4 Å². The molecule has 1 aliphatic rings. The van der Waals surface area contributed by atoms with Gasteiger partial charge in [-0.2, -0.15) is 0 Å². The van der Waals surface area contributed by atoms with Crippen molar-refractivity contribution < 1.29 is 9.47 Å². The summed E-state index contributed by atoms with van der Waals surface area (Å²) in [5.41, 5.74) is 1.20. The normalized spacial score (nSPS) is 12.7. The van der Waals surface area contributed by atoms with E-state index in [1.165, 1.54) is 5.56 Å². The van der Waals surface area contributed by atoms with Gasteiger partial charge in [-0.1, -0.05) is 17.8 Å². The zero-order chi connectivity index (χ0) is 15.2. The molecule has 0 unspecified atom stereocenters. The highest BCUT2D eigenvalue weighted by Crippen LogP contribution is 2.30. The number of nitrogens with one attached hydrogen (secondary N) is 1. The van der Waals surface area contributed by atoms with E-state index in [0.29, 0.717) is 13.2 Å². The van der Waals surface area contributed by atoms with Crippen LogP contribution in [0.4, 0.5) is 0 Å². The molecule has 0 fully saturated rings. The van der Waals surface area contributed by atoms with Gasteiger partial charge in [-0.15, -0.1) is 17.5 Å². The fraction of sp³-hybridized carbons (Fsp3) is 0.500. The average Bonchev–Trinajstić information content (AvgIpc) is 2.96. The van der Waals surface area contributed by atoms with Crippen molar-refractivity contribution in [2.24, 2.45) is 7.05 Å². The lowest BCUT2D eigenvalue weighted by Gasteiger charge is -2.19. The standard InChI is InChI=1S/C14H19N5O2S.ClH/c1-19-14(16-17-18-19)22-8-2-5-15-10-11-3-4-12-13(9-11)21-7-6-20-12;/h3-4,9,15H,2,5-8,10H2,1H3;1H. The minimum absolute atomic E-state index is 0. The molecule has 1 aromatic carbocycles. The topological polar surface area (TPSA) is 74.1 Å². The molecule has 3 rings (SSSR count). The Bertz CT molecular complexity index is 625. The number of halogens is 1. The van der Waals surface area contributed by atoms with Gasteiger partial charge in [0.1, 0.15) is 13.2 Å². The molecular formula is C14H20ClN5O2S. The van der Waals surface area contributed by atoms with E-state index in [2.05, 4.69) is 26.9 Å². The molecule has 0 aliphatic carbocycles. The van der Waals surface area contributed by atoms with E-state index in [9.17, 15) is 0 Å². The van der Waals surface area contributed by atoms with Gasteiger partial charge in [0.05, 0.1) is 0 Å². The molecule has 0 saturated carbocycles. The lowest BCUT2D eigenvalue weighted by molar-refractivity contribution is 0.171. The number of ether oxygens (including phenoxy) is 2. The molecule has 7 nitrogen and oxygen atoms in total. The Morgan fingerprint density at radius 3 is 2.87 bits per heavy atom. The van der Waals surface area contributed by atoms with Crippen molar-refractivity contribution in [1.82, 2.24) is 25.5 Å². The van der Waals surface area contributed by atoms with Crippen LogP contribution in [0.5, 0.6) is 11.5 Å². The van der Waals surface area contributed by atoms with Crippen molar-refractivity contribution in [2.75, 3.05) is 25.5 Å². The molecule has 0 saturated heterocycles. The van der Waals surface area contributed by atoms with Crippen LogP contribution in [0.3, 0.4) is 0 Å². The number of tetrazole rings is 1. The summed E-state index contributed by atoms with van der Waals surface area (Å²) in [5.74, 6) is 2.67. The molecule has 1 aromatic heterocycles. The van der Waals surface area contributed by atoms with E-state index < -0.39 is 0 Å². The molecule has 1 N–H and O–H groups in total. The van der Waals surface area contributed by atoms with Crippen LogP contribution < -0.4 is 14.8 Å². The number of thioether (sulfide) groups is 1. The van der Waals surface area contributed by atoms with E-state index in [1.54, 1.807) is 16.4 Å². The van der Waals surface area contributed by atoms with Gasteiger partial charge < -0.3 is 14.8 Å². The molecule has 0 bridgehead atoms. The van der Waals surface area contributed by atoms with Crippen molar-refractivity contribution in [3.63, 3.8) is 0 Å². The van der Waals surface area contributed by atoms with Crippen molar-refractivity contribution in [3.8, 4) is 11.5 Å². The number of hydrogen-bond acceptors (Lipinski definition) is 7. The lowest BCUT2D eigenvalue weighted by Crippen LogP contribution is -2.17. The highest BCUT2D eigenvalue weighted by Gasteiger charge is 2.11. The third-order valence-corrected chi connectivity index (χ3v) is 4.34. The first-order chi connectivity index (χ1) is 10.8. The van der Waals surface area contributed by atoms with Gasteiger partial charge in [0.25, 0.3) is 0 Å². The van der Waals surface area contributed by atoms with Crippen LogP contribution in [-0.4, -0.2) is 45.7 Å². The minimum atomic E-state index is 0. The van der Waals surface area contributed by atoms with Gasteiger partial charge >= 0.3 is 0 Å². The van der Waals surface area contributed by atoms with Crippen LogP contribution >= 0.6 is 24.2 Å². The summed E-state index contributed by atoms with van der Waals surface area (Å²) < 4.78 is 12.8. The number of nitrogens with zero attached hydrogens (tertiary/aromatic N) is 4. The number of benzene rings is 1. The van der Waals surface area contributed by atoms with Gasteiger partial charge in [0.15, 0.2) is 11.5 Å². The molecule has 0 amide bonds. The average molecular weight is 358 g/mol. The Labute approximate surface area is 145 Å². The third-order valence-electron chi connectivity index (χ3n) is 3.25. The largest absolute Gasteiger partial charge is 0.486 e. The molecule has 23 heavy (non-hydrogen) atoms. The first-order valence-corrected chi connectivity index (χ1v) is 8.26. The summed E-state index contributed by atoms with van der Waals surface area (Å²) in [4.78, 5) is 0. The van der Waals surface area contributed by atoms with Crippen LogP contribution in [0, 0.1) is 0 Å². The Kier molecular flexibility index (Phi) is 6.94. The van der Waals surface area contributed by atoms with Crippen LogP contribution in [0.25, 0.3) is 0 Å². The Morgan fingerprint density at radius 2 is 2.09 bits per heavy atom. The lowest BCUT2D eigenvalue weighted by atomic mass is 10.2. The van der Waals surface area contributed by atoms with Crippen LogP contribution in [0.1, 0.15) is 12.0 Å². The molecule has 0 spiro atoms. The predicted octanol–water partition coefficient (Wildman–Crippen LogP) is 1.68. The zero-order valence-corrected chi connectivity index (χ0v) is 14.5. The molecule has 1 aliphatic heterocycles. The van der Waals surface area contributed by atoms with Crippen molar-refractivity contribution >= 4 is 24.2 Å². The highest BCUT2D eigenvalue weighted by atomic mass is 35.5. The van der Waals surface area contributed by atoms with Gasteiger partial charge in [0.2, 0.25) is 5.16 Å². The van der Waals surface area contributed by atoms with Crippen molar-refractivity contribution in [1.29, 1.82) is 0 Å². The number of aryl methyl sites for hydroxylation is 1. The van der Waals surface area contributed by atoms with E-state index >= 15 is 0 Å². The molecule has 2 aromatic rings. The third kappa shape index (κ3) is 4.98. The summed E-state index contributed by atoms with van der Waals surface area (Å²) in [6.07, 6.45) is 1.06. The van der Waals surface area contributed by atoms with Crippen molar-refractivity contribution in [2.45, 2.75) is 18.1 Å². The fourth-order valence-corrected chi connectivity index (χ4v) is 2.92. The molecular weight excluding hydrogens is 338 g/mol. The summed E-state index contributed by atoms with van der Waals surface area (Å²) >= 11 is 1.67. The SMILES string of the molecule is Cl.Cn1nnnc1SCCCNCc1ccc2c(c1)OCCO2. The van der Waals surface area contributed by atoms with Gasteiger partial charge in [0, 0.05) is 19.3 Å². The molecule has 0 atom stereocenters. The second kappa shape index (κ2) is 8.95. The Morgan fingerprint density at radius 1 is 1.26 bits per heavy atom. The zero-order valence-electron chi connectivity index (χ0n) is 12.9. The summed E-state index contributed by atoms with van der Waals surface area (Å²) in [6.45, 7) is 3.03. The number of rotatable bonds is 7. The quantitative estimate of drug-likeness (QED) is 0.596. The Hall–Kier alpha value is -1.51.